The first-order valence-corrected chi connectivity index (χ1v) is 10.7. The van der Waals surface area contributed by atoms with Crippen molar-refractivity contribution in [2.75, 3.05) is 6.61 Å². The number of hydrogen-bond donors (Lipinski definition) is 0. The average Bonchev–Trinajstić information content (AvgIpc) is 3.35. The van der Waals surface area contributed by atoms with Gasteiger partial charge in [-0.25, -0.2) is 12.4 Å². The average molecular weight is 379 g/mol. The first-order chi connectivity index (χ1) is 13.1. The van der Waals surface area contributed by atoms with Crippen LogP contribution in [0, 0.1) is 12.8 Å². The molecule has 0 amide bonds. The SMILES string of the molecule is Cc1ccc(S(=O)(=O)n2ccc3c2C2OCCC2C3c2ccccc2)cc1. The van der Waals surface area contributed by atoms with Crippen LogP contribution in [0.4, 0.5) is 0 Å². The summed E-state index contributed by atoms with van der Waals surface area (Å²) in [5.74, 6) is 0.473. The maximum absolute atomic E-state index is 13.3. The molecule has 1 aliphatic heterocycles. The van der Waals surface area contributed by atoms with Crippen molar-refractivity contribution in [2.24, 2.45) is 5.92 Å². The summed E-state index contributed by atoms with van der Waals surface area (Å²) in [5.41, 5.74) is 4.13. The fourth-order valence-corrected chi connectivity index (χ4v) is 5.97. The normalized spacial score (nSPS) is 24.0. The lowest BCUT2D eigenvalue weighted by Gasteiger charge is -2.19. The zero-order valence-corrected chi connectivity index (χ0v) is 15.9. The third kappa shape index (κ3) is 2.49. The van der Waals surface area contributed by atoms with Gasteiger partial charge < -0.3 is 4.74 Å². The first kappa shape index (κ1) is 16.8. The van der Waals surface area contributed by atoms with Crippen molar-refractivity contribution in [1.29, 1.82) is 0 Å². The molecule has 1 saturated heterocycles. The van der Waals surface area contributed by atoms with Crippen molar-refractivity contribution in [3.05, 3.63) is 89.2 Å². The van der Waals surface area contributed by atoms with Crippen LogP contribution in [-0.2, 0) is 14.8 Å². The van der Waals surface area contributed by atoms with E-state index in [2.05, 4.69) is 12.1 Å². The van der Waals surface area contributed by atoms with E-state index in [9.17, 15) is 8.42 Å². The van der Waals surface area contributed by atoms with Crippen LogP contribution in [0.1, 0.15) is 40.8 Å². The Morgan fingerprint density at radius 3 is 2.48 bits per heavy atom. The molecule has 3 unspecified atom stereocenters. The maximum atomic E-state index is 13.3. The molecule has 5 rings (SSSR count). The molecule has 27 heavy (non-hydrogen) atoms. The van der Waals surface area contributed by atoms with Crippen LogP contribution in [0.3, 0.4) is 0 Å². The third-order valence-corrected chi connectivity index (χ3v) is 7.53. The smallest absolute Gasteiger partial charge is 0.267 e. The summed E-state index contributed by atoms with van der Waals surface area (Å²) >= 11 is 0. The van der Waals surface area contributed by atoms with Crippen LogP contribution in [0.5, 0.6) is 0 Å². The van der Waals surface area contributed by atoms with E-state index in [1.165, 1.54) is 9.54 Å². The van der Waals surface area contributed by atoms with Crippen molar-refractivity contribution in [3.63, 3.8) is 0 Å². The van der Waals surface area contributed by atoms with Crippen LogP contribution in [0.15, 0.2) is 71.8 Å². The van der Waals surface area contributed by atoms with E-state index >= 15 is 0 Å². The quantitative estimate of drug-likeness (QED) is 0.683. The second kappa shape index (κ2) is 6.08. The van der Waals surface area contributed by atoms with E-state index in [1.54, 1.807) is 18.3 Å². The number of benzene rings is 2. The van der Waals surface area contributed by atoms with Gasteiger partial charge in [-0.1, -0.05) is 48.0 Å². The molecule has 3 atom stereocenters. The lowest BCUT2D eigenvalue weighted by Crippen LogP contribution is -2.17. The predicted molar refractivity (Wildman–Crippen MR) is 103 cm³/mol. The molecule has 0 N–H and O–H groups in total. The minimum absolute atomic E-state index is 0.166. The summed E-state index contributed by atoms with van der Waals surface area (Å²) in [6.07, 6.45) is 2.47. The van der Waals surface area contributed by atoms with Gasteiger partial charge in [-0.2, -0.15) is 0 Å². The second-order valence-electron chi connectivity index (χ2n) is 7.40. The molecule has 2 heterocycles. The van der Waals surface area contributed by atoms with Crippen LogP contribution >= 0.6 is 0 Å². The zero-order chi connectivity index (χ0) is 18.6. The number of rotatable bonds is 3. The van der Waals surface area contributed by atoms with Crippen molar-refractivity contribution in [3.8, 4) is 0 Å². The molecule has 3 aromatic rings. The highest BCUT2D eigenvalue weighted by molar-refractivity contribution is 7.90. The Kier molecular flexibility index (Phi) is 3.78. The number of aryl methyl sites for hydroxylation is 1. The Morgan fingerprint density at radius 1 is 1.00 bits per heavy atom. The molecule has 0 radical (unpaired) electrons. The van der Waals surface area contributed by atoms with E-state index in [0.29, 0.717) is 11.5 Å². The topological polar surface area (TPSA) is 48.3 Å². The summed E-state index contributed by atoms with van der Waals surface area (Å²) in [7, 11) is -3.65. The summed E-state index contributed by atoms with van der Waals surface area (Å²) in [6, 6.07) is 19.3. The molecule has 1 fully saturated rings. The van der Waals surface area contributed by atoms with Gasteiger partial charge in [0.25, 0.3) is 10.0 Å². The summed E-state index contributed by atoms with van der Waals surface area (Å²) in [6.45, 7) is 2.62. The van der Waals surface area contributed by atoms with E-state index in [1.807, 2.05) is 43.3 Å². The molecule has 0 spiro atoms. The maximum Gasteiger partial charge on any atom is 0.267 e. The summed E-state index contributed by atoms with van der Waals surface area (Å²) in [5, 5.41) is 0. The molecule has 1 aliphatic carbocycles. The highest BCUT2D eigenvalue weighted by Crippen LogP contribution is 2.55. The lowest BCUT2D eigenvalue weighted by atomic mass is 9.84. The Hall–Kier alpha value is -2.37. The second-order valence-corrected chi connectivity index (χ2v) is 9.22. The molecule has 2 aromatic carbocycles. The van der Waals surface area contributed by atoms with Gasteiger partial charge >= 0.3 is 0 Å². The van der Waals surface area contributed by atoms with Crippen LogP contribution in [0.25, 0.3) is 0 Å². The monoisotopic (exact) mass is 379 g/mol. The number of nitrogens with zero attached hydrogens (tertiary/aromatic N) is 1. The fourth-order valence-electron chi connectivity index (χ4n) is 4.57. The number of hydrogen-bond acceptors (Lipinski definition) is 3. The van der Waals surface area contributed by atoms with Crippen LogP contribution in [0.2, 0.25) is 0 Å². The molecular formula is C22H21NO3S. The van der Waals surface area contributed by atoms with Crippen LogP contribution in [-0.4, -0.2) is 19.0 Å². The molecule has 0 bridgehead atoms. The zero-order valence-electron chi connectivity index (χ0n) is 15.1. The largest absolute Gasteiger partial charge is 0.372 e. The third-order valence-electron chi connectivity index (χ3n) is 5.83. The van der Waals surface area contributed by atoms with Crippen LogP contribution < -0.4 is 0 Å². The standard InChI is InChI=1S/C22H21NO3S/c1-15-7-9-17(10-8-15)27(24,25)23-13-11-18-20(16-5-3-2-4-6-16)19-12-14-26-22(19)21(18)23/h2-11,13,19-20,22H,12,14H2,1H3. The van der Waals surface area contributed by atoms with Gasteiger partial charge in [-0.3, -0.25) is 0 Å². The van der Waals surface area contributed by atoms with Gasteiger partial charge in [0.1, 0.15) is 6.10 Å². The van der Waals surface area contributed by atoms with E-state index in [-0.39, 0.29) is 17.9 Å². The van der Waals surface area contributed by atoms with Crippen molar-refractivity contribution in [2.45, 2.75) is 30.3 Å². The van der Waals surface area contributed by atoms with Gasteiger partial charge in [-0.15, -0.1) is 0 Å². The van der Waals surface area contributed by atoms with Gasteiger partial charge in [0, 0.05) is 24.6 Å². The Labute approximate surface area is 159 Å². The number of aromatic nitrogens is 1. The summed E-state index contributed by atoms with van der Waals surface area (Å²) in [4.78, 5) is 0.309. The van der Waals surface area contributed by atoms with Crippen molar-refractivity contribution in [1.82, 2.24) is 3.97 Å². The predicted octanol–water partition coefficient (Wildman–Crippen LogP) is 4.26. The molecule has 1 aromatic heterocycles. The first-order valence-electron chi connectivity index (χ1n) is 9.27. The van der Waals surface area contributed by atoms with Crippen molar-refractivity contribution >= 4 is 10.0 Å². The van der Waals surface area contributed by atoms with Gasteiger partial charge in [0.15, 0.2) is 0 Å². The molecule has 2 aliphatic rings. The van der Waals surface area contributed by atoms with E-state index < -0.39 is 10.0 Å². The Bertz CT molecular complexity index is 1080. The Balaban J connectivity index is 1.66. The number of fused-ring (bicyclic) bond motifs is 3. The lowest BCUT2D eigenvalue weighted by molar-refractivity contribution is 0.0930. The van der Waals surface area contributed by atoms with Crippen molar-refractivity contribution < 1.29 is 13.2 Å². The van der Waals surface area contributed by atoms with E-state index in [0.717, 1.165) is 23.2 Å². The highest BCUT2D eigenvalue weighted by Gasteiger charge is 2.48. The molecule has 138 valence electrons. The Morgan fingerprint density at radius 2 is 1.74 bits per heavy atom. The fraction of sp³-hybridized carbons (Fsp3) is 0.273. The number of ether oxygens (including phenoxy) is 1. The van der Waals surface area contributed by atoms with E-state index in [4.69, 9.17) is 4.74 Å². The molecule has 5 heteroatoms. The molecular weight excluding hydrogens is 358 g/mol. The molecule has 4 nitrogen and oxygen atoms in total. The highest BCUT2D eigenvalue weighted by atomic mass is 32.2. The summed E-state index contributed by atoms with van der Waals surface area (Å²) < 4.78 is 34.1. The van der Waals surface area contributed by atoms with Gasteiger partial charge in [0.05, 0.1) is 10.6 Å². The minimum atomic E-state index is -3.65. The van der Waals surface area contributed by atoms with Gasteiger partial charge in [0.2, 0.25) is 0 Å². The molecule has 0 saturated carbocycles. The van der Waals surface area contributed by atoms with Gasteiger partial charge in [-0.05, 0) is 42.7 Å². The minimum Gasteiger partial charge on any atom is -0.372 e.